The van der Waals surface area contributed by atoms with E-state index < -0.39 is 17.7 Å². The third-order valence-corrected chi connectivity index (χ3v) is 10.1. The van der Waals surface area contributed by atoms with E-state index in [0.29, 0.717) is 38.6 Å². The number of hydrogen-bond donors (Lipinski definition) is 1. The molecule has 0 spiro atoms. The molecule has 1 fully saturated rings. The van der Waals surface area contributed by atoms with Crippen molar-refractivity contribution in [1.82, 2.24) is 10.2 Å². The molecule has 232 valence electrons. The number of aliphatic hydroxyl groups is 1. The van der Waals surface area contributed by atoms with Gasteiger partial charge in [-0.1, -0.05) is 114 Å². The van der Waals surface area contributed by atoms with E-state index in [2.05, 4.69) is 23.2 Å². The maximum atomic E-state index is 13.6. The van der Waals surface area contributed by atoms with Crippen molar-refractivity contribution in [3.8, 4) is 5.75 Å². The van der Waals surface area contributed by atoms with E-state index >= 15 is 0 Å². The second kappa shape index (κ2) is 13.9. The Kier molecular flexibility index (Phi) is 9.53. The first-order chi connectivity index (χ1) is 22.3. The Bertz CT molecular complexity index is 1920. The van der Waals surface area contributed by atoms with Crippen LogP contribution in [0.3, 0.4) is 0 Å². The van der Waals surface area contributed by atoms with E-state index in [0.717, 1.165) is 28.7 Å². The highest BCUT2D eigenvalue weighted by Crippen LogP contribution is 2.44. The van der Waals surface area contributed by atoms with Gasteiger partial charge in [-0.05, 0) is 65.9 Å². The van der Waals surface area contributed by atoms with Gasteiger partial charge in [0, 0.05) is 16.3 Å². The van der Waals surface area contributed by atoms with Gasteiger partial charge in [0.2, 0.25) is 5.13 Å². The van der Waals surface area contributed by atoms with Crippen molar-refractivity contribution in [2.24, 2.45) is 0 Å². The summed E-state index contributed by atoms with van der Waals surface area (Å²) in [5.41, 5.74) is 5.31. The molecule has 5 aromatic rings. The lowest BCUT2D eigenvalue weighted by Crippen LogP contribution is -2.29. The molecule has 1 unspecified atom stereocenters. The maximum Gasteiger partial charge on any atom is 0.301 e. The van der Waals surface area contributed by atoms with Crippen LogP contribution in [-0.4, -0.2) is 27.0 Å². The number of carbonyl (C=O) groups excluding carboxylic acids is 2. The van der Waals surface area contributed by atoms with Crippen molar-refractivity contribution in [2.45, 2.75) is 43.0 Å². The second-order valence-electron chi connectivity index (χ2n) is 10.8. The Labute approximate surface area is 280 Å². The fourth-order valence-corrected chi connectivity index (χ4v) is 7.38. The van der Waals surface area contributed by atoms with Crippen molar-refractivity contribution in [2.75, 3.05) is 4.90 Å². The van der Waals surface area contributed by atoms with E-state index in [-0.39, 0.29) is 16.5 Å². The zero-order valence-electron chi connectivity index (χ0n) is 25.1. The van der Waals surface area contributed by atoms with E-state index in [4.69, 9.17) is 16.3 Å². The summed E-state index contributed by atoms with van der Waals surface area (Å²) in [6.07, 6.45) is 0.835. The quantitative estimate of drug-likeness (QED) is 0.0524. The van der Waals surface area contributed by atoms with Crippen LogP contribution < -0.4 is 9.64 Å². The number of benzene rings is 4. The molecule has 46 heavy (non-hydrogen) atoms. The van der Waals surface area contributed by atoms with Crippen molar-refractivity contribution in [3.05, 3.63) is 141 Å². The number of aliphatic hydroxyl groups excluding tert-OH is 1. The molecule has 1 aromatic heterocycles. The lowest BCUT2D eigenvalue weighted by atomic mass is 9.94. The largest absolute Gasteiger partial charge is 0.507 e. The topological polar surface area (TPSA) is 92.6 Å². The lowest BCUT2D eigenvalue weighted by Gasteiger charge is -2.22. The molecule has 4 aromatic carbocycles. The Morgan fingerprint density at radius 2 is 1.72 bits per heavy atom. The van der Waals surface area contributed by atoms with Crippen LogP contribution in [-0.2, 0) is 28.4 Å². The highest BCUT2D eigenvalue weighted by molar-refractivity contribution is 8.00. The van der Waals surface area contributed by atoms with Crippen LogP contribution >= 0.6 is 34.7 Å². The molecule has 0 radical (unpaired) electrons. The molecule has 1 aliphatic rings. The summed E-state index contributed by atoms with van der Waals surface area (Å²) in [6.45, 7) is 4.48. The number of rotatable bonds is 10. The average Bonchev–Trinajstić information content (AvgIpc) is 3.65. The average molecular weight is 668 g/mol. The number of ketones is 1. The van der Waals surface area contributed by atoms with Crippen LogP contribution in [0.25, 0.3) is 5.76 Å². The van der Waals surface area contributed by atoms with Gasteiger partial charge < -0.3 is 9.84 Å². The minimum absolute atomic E-state index is 0.0110. The minimum Gasteiger partial charge on any atom is -0.507 e. The zero-order chi connectivity index (χ0) is 32.2. The van der Waals surface area contributed by atoms with E-state index in [9.17, 15) is 14.7 Å². The molecule has 1 saturated heterocycles. The Morgan fingerprint density at radius 1 is 0.957 bits per heavy atom. The monoisotopic (exact) mass is 667 g/mol. The third-order valence-electron chi connectivity index (χ3n) is 7.67. The summed E-state index contributed by atoms with van der Waals surface area (Å²) in [5.74, 6) is -0.653. The normalized spacial score (nSPS) is 15.8. The van der Waals surface area contributed by atoms with Gasteiger partial charge in [0.15, 0.2) is 4.34 Å². The van der Waals surface area contributed by atoms with Gasteiger partial charge in [0.1, 0.15) is 18.1 Å². The molecular formula is C36H30ClN3O4S2. The molecule has 1 N–H and O–H groups in total. The molecule has 2 heterocycles. The van der Waals surface area contributed by atoms with Gasteiger partial charge in [-0.15, -0.1) is 10.2 Å². The zero-order valence-corrected chi connectivity index (χ0v) is 27.5. The molecule has 0 aliphatic carbocycles. The Balaban J connectivity index is 1.30. The van der Waals surface area contributed by atoms with Crippen molar-refractivity contribution in [3.63, 3.8) is 0 Å². The number of Topliss-reactive ketones (excluding diaryl/α,β-unsaturated/α-hetero) is 1. The fraction of sp³-hybridized carbons (Fsp3) is 0.167. The van der Waals surface area contributed by atoms with Crippen LogP contribution in [0.1, 0.15) is 46.3 Å². The number of thioether (sulfide) groups is 1. The summed E-state index contributed by atoms with van der Waals surface area (Å²) >= 11 is 8.98. The number of halogens is 1. The number of carbonyl (C=O) groups is 2. The van der Waals surface area contributed by atoms with Crippen molar-refractivity contribution < 1.29 is 19.4 Å². The molecule has 6 rings (SSSR count). The Morgan fingerprint density at radius 3 is 2.43 bits per heavy atom. The van der Waals surface area contributed by atoms with Crippen molar-refractivity contribution in [1.29, 1.82) is 0 Å². The fourth-order valence-electron chi connectivity index (χ4n) is 5.23. The molecule has 0 bridgehead atoms. The van der Waals surface area contributed by atoms with Crippen LogP contribution in [0, 0.1) is 6.92 Å². The maximum absolute atomic E-state index is 13.6. The van der Waals surface area contributed by atoms with Crippen LogP contribution in [0.15, 0.2) is 107 Å². The van der Waals surface area contributed by atoms with Crippen LogP contribution in [0.4, 0.5) is 5.13 Å². The molecule has 10 heteroatoms. The highest BCUT2D eigenvalue weighted by Gasteiger charge is 2.48. The third kappa shape index (κ3) is 6.72. The first-order valence-corrected chi connectivity index (χ1v) is 16.9. The van der Waals surface area contributed by atoms with Gasteiger partial charge in [-0.25, -0.2) is 0 Å². The summed E-state index contributed by atoms with van der Waals surface area (Å²) in [7, 11) is 0. The first kappa shape index (κ1) is 31.5. The van der Waals surface area contributed by atoms with E-state index in [1.807, 2.05) is 73.7 Å². The number of aryl methyl sites for hydroxylation is 2. The molecule has 1 atom stereocenters. The summed E-state index contributed by atoms with van der Waals surface area (Å²) in [4.78, 5) is 28.6. The summed E-state index contributed by atoms with van der Waals surface area (Å²) in [5, 5.41) is 21.1. The number of aromatic nitrogens is 2. The number of hydrogen-bond acceptors (Lipinski definition) is 8. The SMILES string of the molecule is CCc1ccc(C2/C(=C(\O)c3ccc(OCc4cccc(C)c4)cc3)C(=O)C(=O)N2c2nnc(SCc3ccccc3Cl)s2)cc1. The van der Waals surface area contributed by atoms with Gasteiger partial charge >= 0.3 is 5.91 Å². The number of ether oxygens (including phenoxy) is 1. The van der Waals surface area contributed by atoms with Gasteiger partial charge in [0.25, 0.3) is 5.78 Å². The second-order valence-corrected chi connectivity index (χ2v) is 13.4. The van der Waals surface area contributed by atoms with Gasteiger partial charge in [-0.3, -0.25) is 14.5 Å². The highest BCUT2D eigenvalue weighted by atomic mass is 35.5. The molecule has 0 saturated carbocycles. The number of nitrogens with zero attached hydrogens (tertiary/aromatic N) is 3. The minimum atomic E-state index is -0.891. The molecule has 1 amide bonds. The molecular weight excluding hydrogens is 638 g/mol. The van der Waals surface area contributed by atoms with Crippen molar-refractivity contribution >= 4 is 57.3 Å². The lowest BCUT2D eigenvalue weighted by molar-refractivity contribution is -0.132. The van der Waals surface area contributed by atoms with E-state index in [1.54, 1.807) is 24.3 Å². The predicted octanol–water partition coefficient (Wildman–Crippen LogP) is 8.56. The molecule has 1 aliphatic heterocycles. The smallest absolute Gasteiger partial charge is 0.301 e. The van der Waals surface area contributed by atoms with Crippen LogP contribution in [0.5, 0.6) is 5.75 Å². The summed E-state index contributed by atoms with van der Waals surface area (Å²) in [6, 6.07) is 29.3. The van der Waals surface area contributed by atoms with E-state index in [1.165, 1.54) is 28.0 Å². The van der Waals surface area contributed by atoms with Crippen LogP contribution in [0.2, 0.25) is 5.02 Å². The number of amides is 1. The number of anilines is 1. The Hall–Kier alpha value is -4.44. The molecule has 7 nitrogen and oxygen atoms in total. The first-order valence-electron chi connectivity index (χ1n) is 14.7. The van der Waals surface area contributed by atoms with Gasteiger partial charge in [0.05, 0.1) is 11.6 Å². The predicted molar refractivity (Wildman–Crippen MR) is 183 cm³/mol. The van der Waals surface area contributed by atoms with Gasteiger partial charge in [-0.2, -0.15) is 0 Å². The summed E-state index contributed by atoms with van der Waals surface area (Å²) < 4.78 is 6.56. The standard InChI is InChI=1S/C36H30ClN3O4S2/c1-3-23-11-13-25(14-12-23)31-30(32(41)26-15-17-28(18-16-26)44-20-24-8-6-7-22(2)19-24)33(42)34(43)40(31)35-38-39-36(46-35)45-21-27-9-4-5-10-29(27)37/h4-19,31,41H,3,20-21H2,1-2H3/b32-30+.